The number of fused-ring (bicyclic) bond motifs is 1. The monoisotopic (exact) mass is 481 g/mol. The fraction of sp³-hybridized carbons (Fsp3) is 0.179. The second-order valence-corrected chi connectivity index (χ2v) is 8.59. The second-order valence-electron chi connectivity index (χ2n) is 8.59. The molecular formula is C28H27N5O3. The van der Waals surface area contributed by atoms with Crippen LogP contribution in [-0.2, 0) is 11.4 Å². The summed E-state index contributed by atoms with van der Waals surface area (Å²) in [4.78, 5) is 17.9. The number of amides is 1. The lowest BCUT2D eigenvalue weighted by Gasteiger charge is -2.29. The first kappa shape index (κ1) is 23.2. The van der Waals surface area contributed by atoms with E-state index in [-0.39, 0.29) is 5.91 Å². The van der Waals surface area contributed by atoms with Gasteiger partial charge in [0, 0.05) is 5.70 Å². The molecule has 1 amide bonds. The Morgan fingerprint density at radius 1 is 1.03 bits per heavy atom. The van der Waals surface area contributed by atoms with E-state index in [1.54, 1.807) is 23.9 Å². The van der Waals surface area contributed by atoms with Crippen LogP contribution in [0.2, 0.25) is 0 Å². The van der Waals surface area contributed by atoms with Crippen molar-refractivity contribution in [1.82, 2.24) is 14.8 Å². The summed E-state index contributed by atoms with van der Waals surface area (Å²) >= 11 is 0. The molecule has 1 unspecified atom stereocenters. The SMILES string of the molecule is COc1ccccc1NC(=O)C1=C(C)Nc2ncnn2C1c1ccc(OCc2ccc(C)cc2)cc1. The molecule has 0 fully saturated rings. The molecule has 36 heavy (non-hydrogen) atoms. The fourth-order valence-electron chi connectivity index (χ4n) is 4.23. The summed E-state index contributed by atoms with van der Waals surface area (Å²) in [5, 5.41) is 10.6. The molecule has 1 aliphatic heterocycles. The Kier molecular flexibility index (Phi) is 6.40. The number of anilines is 2. The Hall–Kier alpha value is -4.59. The number of para-hydroxylation sites is 2. The highest BCUT2D eigenvalue weighted by Gasteiger charge is 2.33. The number of benzene rings is 3. The summed E-state index contributed by atoms with van der Waals surface area (Å²) in [6.07, 6.45) is 1.47. The highest BCUT2D eigenvalue weighted by molar-refractivity contribution is 6.06. The number of ether oxygens (including phenoxy) is 2. The number of carbonyl (C=O) groups is 1. The molecule has 0 radical (unpaired) electrons. The summed E-state index contributed by atoms with van der Waals surface area (Å²) in [6, 6.07) is 22.8. The summed E-state index contributed by atoms with van der Waals surface area (Å²) in [7, 11) is 1.57. The van der Waals surface area contributed by atoms with Crippen LogP contribution in [0, 0.1) is 6.92 Å². The number of allylic oxidation sites excluding steroid dienone is 1. The number of rotatable bonds is 7. The number of aryl methyl sites for hydroxylation is 1. The molecule has 182 valence electrons. The molecular weight excluding hydrogens is 454 g/mol. The molecule has 2 N–H and O–H groups in total. The van der Waals surface area contributed by atoms with Crippen molar-refractivity contribution >= 4 is 17.5 Å². The van der Waals surface area contributed by atoms with Crippen molar-refractivity contribution < 1.29 is 14.3 Å². The molecule has 0 bridgehead atoms. The Morgan fingerprint density at radius 3 is 2.53 bits per heavy atom. The van der Waals surface area contributed by atoms with Crippen molar-refractivity contribution in [1.29, 1.82) is 0 Å². The molecule has 8 heteroatoms. The van der Waals surface area contributed by atoms with Crippen LogP contribution in [0.5, 0.6) is 11.5 Å². The predicted octanol–water partition coefficient (Wildman–Crippen LogP) is 5.10. The largest absolute Gasteiger partial charge is 0.495 e. The van der Waals surface area contributed by atoms with Crippen LogP contribution in [0.4, 0.5) is 11.6 Å². The van der Waals surface area contributed by atoms with Gasteiger partial charge in [0.15, 0.2) is 0 Å². The van der Waals surface area contributed by atoms with Gasteiger partial charge in [0.1, 0.15) is 30.5 Å². The summed E-state index contributed by atoms with van der Waals surface area (Å²) < 4.78 is 13.1. The highest BCUT2D eigenvalue weighted by atomic mass is 16.5. The van der Waals surface area contributed by atoms with E-state index in [0.717, 1.165) is 16.9 Å². The molecule has 3 aromatic carbocycles. The number of hydrogen-bond donors (Lipinski definition) is 2. The summed E-state index contributed by atoms with van der Waals surface area (Å²) in [6.45, 7) is 4.40. The predicted molar refractivity (Wildman–Crippen MR) is 138 cm³/mol. The standard InChI is InChI=1S/C28H27N5O3/c1-18-8-10-20(11-9-18)16-36-22-14-12-21(13-15-22)26-25(19(2)31-28-29-17-30-33(26)28)27(34)32-23-6-4-5-7-24(23)35-3/h4-15,17,26H,16H2,1-3H3,(H,32,34)(H,29,30,31). The number of hydrogen-bond acceptors (Lipinski definition) is 6. The van der Waals surface area contributed by atoms with E-state index < -0.39 is 6.04 Å². The molecule has 0 spiro atoms. The molecule has 4 aromatic rings. The number of carbonyl (C=O) groups excluding carboxylic acids is 1. The molecule has 2 heterocycles. The fourth-order valence-corrected chi connectivity index (χ4v) is 4.23. The van der Waals surface area contributed by atoms with Gasteiger partial charge in [-0.3, -0.25) is 4.79 Å². The minimum atomic E-state index is -0.468. The smallest absolute Gasteiger partial charge is 0.255 e. The van der Waals surface area contributed by atoms with E-state index in [0.29, 0.717) is 35.3 Å². The lowest BCUT2D eigenvalue weighted by molar-refractivity contribution is -0.113. The quantitative estimate of drug-likeness (QED) is 0.382. The lowest BCUT2D eigenvalue weighted by Crippen LogP contribution is -2.31. The maximum absolute atomic E-state index is 13.6. The van der Waals surface area contributed by atoms with Crippen LogP contribution in [0.15, 0.2) is 90.4 Å². The molecule has 1 atom stereocenters. The first-order valence-corrected chi connectivity index (χ1v) is 11.6. The van der Waals surface area contributed by atoms with Gasteiger partial charge in [-0.05, 0) is 49.2 Å². The van der Waals surface area contributed by atoms with E-state index in [1.165, 1.54) is 11.9 Å². The van der Waals surface area contributed by atoms with Gasteiger partial charge in [-0.2, -0.15) is 10.1 Å². The third kappa shape index (κ3) is 4.65. The first-order valence-electron chi connectivity index (χ1n) is 11.6. The maximum Gasteiger partial charge on any atom is 0.255 e. The van der Waals surface area contributed by atoms with Gasteiger partial charge in [0.05, 0.1) is 18.4 Å². The maximum atomic E-state index is 13.6. The van der Waals surface area contributed by atoms with Crippen molar-refractivity contribution in [2.75, 3.05) is 17.7 Å². The van der Waals surface area contributed by atoms with Crippen molar-refractivity contribution in [2.45, 2.75) is 26.5 Å². The zero-order valence-electron chi connectivity index (χ0n) is 20.4. The summed E-state index contributed by atoms with van der Waals surface area (Å²) in [5.41, 5.74) is 5.03. The van der Waals surface area contributed by atoms with Crippen molar-refractivity contribution in [3.63, 3.8) is 0 Å². The van der Waals surface area contributed by atoms with Gasteiger partial charge in [0.25, 0.3) is 5.91 Å². The Morgan fingerprint density at radius 2 is 1.78 bits per heavy atom. The van der Waals surface area contributed by atoms with Crippen LogP contribution in [0.1, 0.15) is 29.7 Å². The number of aromatic nitrogens is 3. The van der Waals surface area contributed by atoms with Crippen LogP contribution < -0.4 is 20.1 Å². The minimum absolute atomic E-state index is 0.254. The third-order valence-corrected chi connectivity index (χ3v) is 6.12. The van der Waals surface area contributed by atoms with Crippen LogP contribution in [-0.4, -0.2) is 27.8 Å². The third-order valence-electron chi connectivity index (χ3n) is 6.12. The van der Waals surface area contributed by atoms with Crippen LogP contribution in [0.25, 0.3) is 0 Å². The van der Waals surface area contributed by atoms with Gasteiger partial charge in [-0.1, -0.05) is 54.1 Å². The molecule has 1 aromatic heterocycles. The second kappa shape index (κ2) is 9.95. The molecule has 0 saturated heterocycles. The van der Waals surface area contributed by atoms with Gasteiger partial charge in [-0.15, -0.1) is 0 Å². The van der Waals surface area contributed by atoms with Crippen molar-refractivity contribution in [2.24, 2.45) is 0 Å². The number of nitrogens with zero attached hydrogens (tertiary/aromatic N) is 3. The van der Waals surface area contributed by atoms with E-state index >= 15 is 0 Å². The Balaban J connectivity index is 1.41. The van der Waals surface area contributed by atoms with Gasteiger partial charge < -0.3 is 20.1 Å². The van der Waals surface area contributed by atoms with Crippen molar-refractivity contribution in [3.05, 3.63) is 107 Å². The average molecular weight is 482 g/mol. The Bertz CT molecular complexity index is 1410. The molecule has 8 nitrogen and oxygen atoms in total. The highest BCUT2D eigenvalue weighted by Crippen LogP contribution is 2.36. The van der Waals surface area contributed by atoms with Gasteiger partial charge in [0.2, 0.25) is 5.95 Å². The van der Waals surface area contributed by atoms with E-state index in [2.05, 4.69) is 51.9 Å². The lowest BCUT2D eigenvalue weighted by atomic mass is 9.95. The first-order chi connectivity index (χ1) is 17.5. The van der Waals surface area contributed by atoms with Crippen molar-refractivity contribution in [3.8, 4) is 11.5 Å². The number of nitrogens with one attached hydrogen (secondary N) is 2. The van der Waals surface area contributed by atoms with Gasteiger partial charge in [-0.25, -0.2) is 4.68 Å². The topological polar surface area (TPSA) is 90.3 Å². The molecule has 0 aliphatic carbocycles. The average Bonchev–Trinajstić information content (AvgIpc) is 3.36. The summed E-state index contributed by atoms with van der Waals surface area (Å²) in [5.74, 6) is 1.65. The van der Waals surface area contributed by atoms with Gasteiger partial charge >= 0.3 is 0 Å². The van der Waals surface area contributed by atoms with Crippen LogP contribution in [0.3, 0.4) is 0 Å². The van der Waals surface area contributed by atoms with Crippen LogP contribution >= 0.6 is 0 Å². The molecule has 0 saturated carbocycles. The normalized spacial score (nSPS) is 14.6. The number of methoxy groups -OCH3 is 1. The molecule has 1 aliphatic rings. The Labute approximate surface area is 209 Å². The zero-order chi connectivity index (χ0) is 25.1. The molecule has 5 rings (SSSR count). The van der Waals surface area contributed by atoms with E-state index in [1.807, 2.05) is 43.3 Å². The minimum Gasteiger partial charge on any atom is -0.495 e. The van der Waals surface area contributed by atoms with E-state index in [4.69, 9.17) is 9.47 Å². The zero-order valence-corrected chi connectivity index (χ0v) is 20.4. The van der Waals surface area contributed by atoms with E-state index in [9.17, 15) is 4.79 Å².